The van der Waals surface area contributed by atoms with Crippen molar-refractivity contribution in [2.75, 3.05) is 47.8 Å². The van der Waals surface area contributed by atoms with Crippen molar-refractivity contribution in [3.8, 4) is 0 Å². The van der Waals surface area contributed by atoms with Crippen LogP contribution in [0, 0.1) is 0 Å². The molecule has 0 aliphatic heterocycles. The minimum absolute atomic E-state index is 0. The predicted molar refractivity (Wildman–Crippen MR) is 112 cm³/mol. The molecule has 1 aromatic rings. The number of guanidine groups is 1. The fourth-order valence-corrected chi connectivity index (χ4v) is 2.93. The van der Waals surface area contributed by atoms with Gasteiger partial charge in [0, 0.05) is 33.2 Å². The number of likely N-dealkylation sites (N-methyl/N-ethyl adjacent to an activating group) is 1. The second-order valence-electron chi connectivity index (χ2n) is 5.69. The lowest BCUT2D eigenvalue weighted by molar-refractivity contribution is 0.223. The summed E-state index contributed by atoms with van der Waals surface area (Å²) in [6.45, 7) is 6.99. The molecule has 0 bridgehead atoms. The zero-order chi connectivity index (χ0) is 16.7. The standard InChI is InChI=1S/C17H29ClN4.HI/c1-7-22(8-2)16(14-11-9-10-12-15(14)18)13-19-17(20(3)4)21(5)6;/h9-12,16H,7-8,13H2,1-6H3;1H. The van der Waals surface area contributed by atoms with Crippen LogP contribution in [0.5, 0.6) is 0 Å². The number of rotatable bonds is 6. The maximum atomic E-state index is 6.42. The fourth-order valence-electron chi connectivity index (χ4n) is 2.67. The van der Waals surface area contributed by atoms with E-state index in [0.29, 0.717) is 6.54 Å². The van der Waals surface area contributed by atoms with Crippen molar-refractivity contribution in [3.63, 3.8) is 0 Å². The topological polar surface area (TPSA) is 22.1 Å². The van der Waals surface area contributed by atoms with Gasteiger partial charge in [-0.25, -0.2) is 0 Å². The number of aliphatic imine (C=N–C) groups is 1. The third-order valence-corrected chi connectivity index (χ3v) is 4.07. The van der Waals surface area contributed by atoms with E-state index in [2.05, 4.69) is 24.8 Å². The Labute approximate surface area is 163 Å². The van der Waals surface area contributed by atoms with Crippen LogP contribution in [0.4, 0.5) is 0 Å². The van der Waals surface area contributed by atoms with Gasteiger partial charge in [0.2, 0.25) is 0 Å². The summed E-state index contributed by atoms with van der Waals surface area (Å²) in [5.41, 5.74) is 1.15. The van der Waals surface area contributed by atoms with Crippen LogP contribution >= 0.6 is 35.6 Å². The van der Waals surface area contributed by atoms with Gasteiger partial charge in [-0.2, -0.15) is 0 Å². The van der Waals surface area contributed by atoms with Gasteiger partial charge in [-0.05, 0) is 24.7 Å². The molecule has 0 saturated carbocycles. The summed E-state index contributed by atoms with van der Waals surface area (Å²) >= 11 is 6.42. The van der Waals surface area contributed by atoms with Crippen LogP contribution in [0.3, 0.4) is 0 Å². The first-order valence-corrected chi connectivity index (χ1v) is 8.17. The molecule has 6 heteroatoms. The highest BCUT2D eigenvalue weighted by molar-refractivity contribution is 14.0. The molecule has 0 heterocycles. The molecule has 1 unspecified atom stereocenters. The number of benzene rings is 1. The second-order valence-corrected chi connectivity index (χ2v) is 6.10. The SMILES string of the molecule is CCN(CC)C(CN=C(N(C)C)N(C)C)c1ccccc1Cl.I. The lowest BCUT2D eigenvalue weighted by atomic mass is 10.1. The Morgan fingerprint density at radius 3 is 2.00 bits per heavy atom. The van der Waals surface area contributed by atoms with Crippen molar-refractivity contribution in [3.05, 3.63) is 34.9 Å². The van der Waals surface area contributed by atoms with Crippen molar-refractivity contribution in [2.24, 2.45) is 4.99 Å². The van der Waals surface area contributed by atoms with Gasteiger partial charge in [0.25, 0.3) is 0 Å². The predicted octanol–water partition coefficient (Wildman–Crippen LogP) is 3.82. The van der Waals surface area contributed by atoms with Gasteiger partial charge in [0.15, 0.2) is 5.96 Å². The van der Waals surface area contributed by atoms with Crippen LogP contribution in [0.25, 0.3) is 0 Å². The molecule has 1 aromatic carbocycles. The Kier molecular flexibility index (Phi) is 10.8. The quantitative estimate of drug-likeness (QED) is 0.372. The van der Waals surface area contributed by atoms with E-state index in [9.17, 15) is 0 Å². The third-order valence-electron chi connectivity index (χ3n) is 3.72. The summed E-state index contributed by atoms with van der Waals surface area (Å²) in [5, 5.41) is 0.811. The summed E-state index contributed by atoms with van der Waals surface area (Å²) < 4.78 is 0. The molecule has 23 heavy (non-hydrogen) atoms. The van der Waals surface area contributed by atoms with Crippen LogP contribution < -0.4 is 0 Å². The maximum Gasteiger partial charge on any atom is 0.195 e. The van der Waals surface area contributed by atoms with Gasteiger partial charge in [0.05, 0.1) is 12.6 Å². The fraction of sp³-hybridized carbons (Fsp3) is 0.588. The molecule has 0 amide bonds. The third kappa shape index (κ3) is 6.47. The monoisotopic (exact) mass is 452 g/mol. The molecule has 4 nitrogen and oxygen atoms in total. The number of hydrogen-bond acceptors (Lipinski definition) is 2. The van der Waals surface area contributed by atoms with Crippen molar-refractivity contribution < 1.29 is 0 Å². The lowest BCUT2D eigenvalue weighted by Gasteiger charge is -2.30. The van der Waals surface area contributed by atoms with E-state index in [0.717, 1.165) is 29.6 Å². The van der Waals surface area contributed by atoms with E-state index in [1.165, 1.54) is 0 Å². The Morgan fingerprint density at radius 1 is 1.04 bits per heavy atom. The molecule has 0 aliphatic rings. The molecule has 0 aromatic heterocycles. The van der Waals surface area contributed by atoms with Gasteiger partial charge in [-0.15, -0.1) is 24.0 Å². The highest BCUT2D eigenvalue weighted by Crippen LogP contribution is 2.27. The van der Waals surface area contributed by atoms with Gasteiger partial charge < -0.3 is 9.80 Å². The first-order valence-electron chi connectivity index (χ1n) is 7.79. The van der Waals surface area contributed by atoms with Crippen molar-refractivity contribution >= 4 is 41.5 Å². The van der Waals surface area contributed by atoms with Crippen LogP contribution in [0.1, 0.15) is 25.5 Å². The number of nitrogens with zero attached hydrogens (tertiary/aromatic N) is 4. The minimum Gasteiger partial charge on any atom is -0.349 e. The molecule has 0 N–H and O–H groups in total. The Morgan fingerprint density at radius 2 is 1.57 bits per heavy atom. The first-order chi connectivity index (χ1) is 10.4. The summed E-state index contributed by atoms with van der Waals surface area (Å²) in [7, 11) is 8.06. The highest BCUT2D eigenvalue weighted by atomic mass is 127. The van der Waals surface area contributed by atoms with Gasteiger partial charge in [0.1, 0.15) is 0 Å². The first kappa shape index (κ1) is 22.5. The zero-order valence-corrected chi connectivity index (χ0v) is 18.2. The van der Waals surface area contributed by atoms with Gasteiger partial charge in [-0.3, -0.25) is 9.89 Å². The highest BCUT2D eigenvalue weighted by Gasteiger charge is 2.20. The van der Waals surface area contributed by atoms with E-state index in [4.69, 9.17) is 16.6 Å². The average molecular weight is 453 g/mol. The van der Waals surface area contributed by atoms with Crippen LogP contribution in [-0.4, -0.2) is 68.5 Å². The molecule has 0 saturated heterocycles. The smallest absolute Gasteiger partial charge is 0.195 e. The molecular formula is C17H30ClIN4. The normalized spacial score (nSPS) is 11.7. The number of halogens is 2. The lowest BCUT2D eigenvalue weighted by Crippen LogP contribution is -2.37. The van der Waals surface area contributed by atoms with Crippen molar-refractivity contribution in [1.29, 1.82) is 0 Å². The molecule has 132 valence electrons. The molecule has 1 atom stereocenters. The molecule has 0 aliphatic carbocycles. The van der Waals surface area contributed by atoms with Gasteiger partial charge >= 0.3 is 0 Å². The molecule has 1 rings (SSSR count). The van der Waals surface area contributed by atoms with Crippen molar-refractivity contribution in [2.45, 2.75) is 19.9 Å². The summed E-state index contributed by atoms with van der Waals surface area (Å²) in [6, 6.07) is 8.26. The van der Waals surface area contributed by atoms with Gasteiger partial charge in [-0.1, -0.05) is 43.6 Å². The van der Waals surface area contributed by atoms with E-state index < -0.39 is 0 Å². The maximum absolute atomic E-state index is 6.42. The van der Waals surface area contributed by atoms with Crippen LogP contribution in [0.15, 0.2) is 29.3 Å². The average Bonchev–Trinajstić information content (AvgIpc) is 2.46. The second kappa shape index (κ2) is 11.1. The van der Waals surface area contributed by atoms with Crippen LogP contribution in [-0.2, 0) is 0 Å². The summed E-state index contributed by atoms with van der Waals surface area (Å²) in [6.07, 6.45) is 0. The minimum atomic E-state index is 0. The van der Waals surface area contributed by atoms with E-state index in [1.54, 1.807) is 0 Å². The summed E-state index contributed by atoms with van der Waals surface area (Å²) in [4.78, 5) is 11.3. The number of hydrogen-bond donors (Lipinski definition) is 0. The summed E-state index contributed by atoms with van der Waals surface area (Å²) in [5.74, 6) is 0.962. The molecule has 0 fully saturated rings. The van der Waals surface area contributed by atoms with E-state index >= 15 is 0 Å². The largest absolute Gasteiger partial charge is 0.349 e. The molecular weight excluding hydrogens is 423 g/mol. The Hall–Kier alpha value is -0.530. The zero-order valence-electron chi connectivity index (χ0n) is 15.1. The Bertz CT molecular complexity index is 477. The van der Waals surface area contributed by atoms with E-state index in [1.807, 2.05) is 56.2 Å². The molecule has 0 spiro atoms. The van der Waals surface area contributed by atoms with E-state index in [-0.39, 0.29) is 30.0 Å². The molecule has 0 radical (unpaired) electrons. The van der Waals surface area contributed by atoms with Crippen molar-refractivity contribution in [1.82, 2.24) is 14.7 Å². The van der Waals surface area contributed by atoms with Crippen LogP contribution in [0.2, 0.25) is 5.02 Å². The Balaban J connectivity index is 0.00000484.